The van der Waals surface area contributed by atoms with Crippen LogP contribution in [0, 0.1) is 0 Å². The minimum absolute atomic E-state index is 0.0944. The monoisotopic (exact) mass is 371 g/mol. The number of alkyl halides is 2. The number of hydrogen-bond acceptors (Lipinski definition) is 5. The Hall–Kier alpha value is -2.61. The van der Waals surface area contributed by atoms with Gasteiger partial charge in [-0.05, 0) is 69.2 Å². The molecule has 0 spiro atoms. The quantitative estimate of drug-likeness (QED) is 0.705. The molecule has 0 radical (unpaired) electrons. The third-order valence-corrected chi connectivity index (χ3v) is 5.89. The third kappa shape index (κ3) is 2.84. The first kappa shape index (κ1) is 16.6. The van der Waals surface area contributed by atoms with Gasteiger partial charge >= 0.3 is 6.61 Å². The lowest BCUT2D eigenvalue weighted by atomic mass is 9.69. The fourth-order valence-corrected chi connectivity index (χ4v) is 4.36. The number of piperidine rings is 3. The topological polar surface area (TPSA) is 55.6 Å². The van der Waals surface area contributed by atoms with E-state index in [1.165, 1.54) is 18.5 Å². The average Bonchev–Trinajstić information content (AvgIpc) is 3.17. The molecule has 3 fully saturated rings. The second-order valence-corrected chi connectivity index (χ2v) is 7.27. The van der Waals surface area contributed by atoms with E-state index >= 15 is 0 Å². The van der Waals surface area contributed by atoms with Crippen molar-refractivity contribution >= 4 is 5.78 Å². The standard InChI is InChI=1S/C19H19F2N5O/c20-17(21)27-14-3-1-13(2-4-14)15-11-16(26-18(24-15)22-12-23-26)19-5-8-25(9-6-19)10-7-19/h1-4,11-12,17H,5-10H2. The number of aromatic nitrogens is 4. The first-order valence-corrected chi connectivity index (χ1v) is 9.12. The van der Waals surface area contributed by atoms with Gasteiger partial charge in [-0.15, -0.1) is 0 Å². The second kappa shape index (κ2) is 6.23. The maximum Gasteiger partial charge on any atom is 0.387 e. The predicted octanol–water partition coefficient (Wildman–Crippen LogP) is 3.13. The zero-order chi connectivity index (χ0) is 18.4. The normalized spacial score (nSPS) is 24.6. The molecule has 2 bridgehead atoms. The lowest BCUT2D eigenvalue weighted by molar-refractivity contribution is -0.0498. The molecule has 0 amide bonds. The van der Waals surface area contributed by atoms with Crippen molar-refractivity contribution in [3.8, 4) is 17.0 Å². The highest BCUT2D eigenvalue weighted by Crippen LogP contribution is 2.43. The van der Waals surface area contributed by atoms with Crippen LogP contribution in [0.4, 0.5) is 8.78 Å². The van der Waals surface area contributed by atoms with Crippen LogP contribution in [0.25, 0.3) is 17.0 Å². The van der Waals surface area contributed by atoms with Crippen molar-refractivity contribution in [3.63, 3.8) is 0 Å². The number of halogens is 2. The van der Waals surface area contributed by atoms with E-state index in [1.807, 2.05) is 4.52 Å². The van der Waals surface area contributed by atoms with Crippen molar-refractivity contribution in [2.75, 3.05) is 19.6 Å². The Balaban J connectivity index is 1.58. The fourth-order valence-electron chi connectivity index (χ4n) is 4.36. The Morgan fingerprint density at radius 1 is 1.04 bits per heavy atom. The highest BCUT2D eigenvalue weighted by molar-refractivity contribution is 5.63. The number of fused-ring (bicyclic) bond motifs is 4. The van der Waals surface area contributed by atoms with Crippen LogP contribution in [0.3, 0.4) is 0 Å². The molecule has 0 atom stereocenters. The molecule has 6 nitrogen and oxygen atoms in total. The summed E-state index contributed by atoms with van der Waals surface area (Å²) in [6.07, 6.45) is 4.84. The second-order valence-electron chi connectivity index (χ2n) is 7.27. The Labute approximate surface area is 154 Å². The van der Waals surface area contributed by atoms with Gasteiger partial charge in [0.05, 0.1) is 11.4 Å². The van der Waals surface area contributed by atoms with E-state index in [2.05, 4.69) is 30.8 Å². The molecular formula is C19H19F2N5O. The summed E-state index contributed by atoms with van der Waals surface area (Å²) in [7, 11) is 0. The minimum atomic E-state index is -2.83. The van der Waals surface area contributed by atoms with E-state index in [9.17, 15) is 8.78 Å². The zero-order valence-corrected chi connectivity index (χ0v) is 14.7. The van der Waals surface area contributed by atoms with Crippen LogP contribution < -0.4 is 4.74 Å². The van der Waals surface area contributed by atoms with Gasteiger partial charge in [0.1, 0.15) is 12.1 Å². The van der Waals surface area contributed by atoms with Gasteiger partial charge in [-0.25, -0.2) is 9.50 Å². The molecule has 8 heteroatoms. The lowest BCUT2D eigenvalue weighted by Gasteiger charge is -2.48. The van der Waals surface area contributed by atoms with Crippen molar-refractivity contribution in [3.05, 3.63) is 42.4 Å². The van der Waals surface area contributed by atoms with E-state index in [1.54, 1.807) is 12.1 Å². The van der Waals surface area contributed by atoms with E-state index in [4.69, 9.17) is 0 Å². The summed E-state index contributed by atoms with van der Waals surface area (Å²) in [5.41, 5.74) is 2.86. The average molecular weight is 371 g/mol. The number of ether oxygens (including phenoxy) is 1. The molecule has 0 aliphatic carbocycles. The Morgan fingerprint density at radius 3 is 2.41 bits per heavy atom. The molecule has 2 aromatic heterocycles. The molecule has 3 saturated heterocycles. The first-order valence-electron chi connectivity index (χ1n) is 9.12. The Bertz CT molecular complexity index is 950. The highest BCUT2D eigenvalue weighted by Gasteiger charge is 2.42. The van der Waals surface area contributed by atoms with E-state index < -0.39 is 6.61 Å². The maximum atomic E-state index is 12.4. The molecule has 0 N–H and O–H groups in total. The van der Waals surface area contributed by atoms with Gasteiger partial charge in [0, 0.05) is 11.0 Å². The van der Waals surface area contributed by atoms with Crippen LogP contribution in [0.5, 0.6) is 5.75 Å². The molecule has 6 rings (SSSR count). The van der Waals surface area contributed by atoms with E-state index in [0.29, 0.717) is 5.78 Å². The molecular weight excluding hydrogens is 352 g/mol. The van der Waals surface area contributed by atoms with E-state index in [0.717, 1.165) is 55.8 Å². The van der Waals surface area contributed by atoms with Crippen molar-refractivity contribution in [2.45, 2.75) is 31.3 Å². The summed E-state index contributed by atoms with van der Waals surface area (Å²) in [6, 6.07) is 8.66. The van der Waals surface area contributed by atoms with Gasteiger partial charge in [-0.2, -0.15) is 18.9 Å². The molecule has 0 unspecified atom stereocenters. The summed E-state index contributed by atoms with van der Waals surface area (Å²) in [5.74, 6) is 0.702. The highest BCUT2D eigenvalue weighted by atomic mass is 19.3. The maximum absolute atomic E-state index is 12.4. The van der Waals surface area contributed by atoms with Crippen LogP contribution in [0.2, 0.25) is 0 Å². The van der Waals surface area contributed by atoms with Gasteiger partial charge in [0.15, 0.2) is 0 Å². The fraction of sp³-hybridized carbons (Fsp3) is 0.421. The largest absolute Gasteiger partial charge is 0.435 e. The number of rotatable bonds is 4. The number of nitrogens with zero attached hydrogens (tertiary/aromatic N) is 5. The summed E-state index contributed by atoms with van der Waals surface area (Å²) in [5, 5.41) is 4.41. The SMILES string of the molecule is FC(F)Oc1ccc(-c2cc(C34CCN(CC3)CC4)n3ncnc3n2)cc1. The molecule has 0 saturated carbocycles. The van der Waals surface area contributed by atoms with Crippen LogP contribution in [-0.2, 0) is 5.41 Å². The van der Waals surface area contributed by atoms with Gasteiger partial charge in [0.25, 0.3) is 5.78 Å². The minimum Gasteiger partial charge on any atom is -0.435 e. The van der Waals surface area contributed by atoms with Gasteiger partial charge in [-0.1, -0.05) is 0 Å². The van der Waals surface area contributed by atoms with Crippen LogP contribution in [0.1, 0.15) is 25.0 Å². The number of hydrogen-bond donors (Lipinski definition) is 0. The smallest absolute Gasteiger partial charge is 0.387 e. The molecule has 1 aromatic carbocycles. The zero-order valence-electron chi connectivity index (χ0n) is 14.7. The Morgan fingerprint density at radius 2 is 1.74 bits per heavy atom. The van der Waals surface area contributed by atoms with Crippen LogP contribution in [0.15, 0.2) is 36.7 Å². The van der Waals surface area contributed by atoms with Crippen molar-refractivity contribution in [1.29, 1.82) is 0 Å². The van der Waals surface area contributed by atoms with Gasteiger partial charge < -0.3 is 9.64 Å². The Kier molecular flexibility index (Phi) is 3.82. The summed E-state index contributed by atoms with van der Waals surface area (Å²) >= 11 is 0. The lowest BCUT2D eigenvalue weighted by Crippen LogP contribution is -2.51. The van der Waals surface area contributed by atoms with Gasteiger partial charge in [0.2, 0.25) is 0 Å². The summed E-state index contributed by atoms with van der Waals surface area (Å²) in [4.78, 5) is 11.4. The molecule has 27 heavy (non-hydrogen) atoms. The van der Waals surface area contributed by atoms with Gasteiger partial charge in [-0.3, -0.25) is 0 Å². The predicted molar refractivity (Wildman–Crippen MR) is 94.8 cm³/mol. The molecule has 3 aliphatic rings. The summed E-state index contributed by atoms with van der Waals surface area (Å²) < 4.78 is 31.0. The number of benzene rings is 1. The summed E-state index contributed by atoms with van der Waals surface area (Å²) in [6.45, 7) is 0.485. The van der Waals surface area contributed by atoms with Crippen molar-refractivity contribution < 1.29 is 13.5 Å². The first-order chi connectivity index (χ1) is 13.1. The molecule has 5 heterocycles. The van der Waals surface area contributed by atoms with Crippen LogP contribution in [-0.4, -0.2) is 50.7 Å². The van der Waals surface area contributed by atoms with Crippen molar-refractivity contribution in [2.24, 2.45) is 0 Å². The van der Waals surface area contributed by atoms with E-state index in [-0.39, 0.29) is 11.2 Å². The van der Waals surface area contributed by atoms with Crippen LogP contribution >= 0.6 is 0 Å². The third-order valence-electron chi connectivity index (χ3n) is 5.89. The van der Waals surface area contributed by atoms with Crippen molar-refractivity contribution in [1.82, 2.24) is 24.5 Å². The molecule has 3 aromatic rings. The molecule has 3 aliphatic heterocycles. The molecule has 140 valence electrons.